The highest BCUT2D eigenvalue weighted by atomic mass is 16.6. The van der Waals surface area contributed by atoms with Crippen molar-refractivity contribution in [1.82, 2.24) is 0 Å². The Hall–Kier alpha value is -6.84. The minimum absolute atomic E-state index is 0.702. The molecule has 0 spiro atoms. The zero-order chi connectivity index (χ0) is 33.5. The molecule has 0 saturated carbocycles. The third-order valence-corrected chi connectivity index (χ3v) is 10.3. The summed E-state index contributed by atoms with van der Waals surface area (Å²) in [6.45, 7) is 0. The summed E-state index contributed by atoms with van der Waals surface area (Å²) in [5.74, 6) is 2.84. The summed E-state index contributed by atoms with van der Waals surface area (Å²) in [6, 6.07) is 59.9. The molecule has 10 aromatic rings. The SMILES string of the molecule is c1ccc2c(c1)Oc1cccc(-c3cc(-c4ccc5oc6ccccc6c5c4)cc(-c4ccc5c6ccccc6c6ccccc6c5c4)c3)c1O2. The van der Waals surface area contributed by atoms with Crippen molar-refractivity contribution in [1.29, 1.82) is 0 Å². The van der Waals surface area contributed by atoms with E-state index in [1.54, 1.807) is 0 Å². The molecule has 0 atom stereocenters. The summed E-state index contributed by atoms with van der Waals surface area (Å²) in [6.07, 6.45) is 0. The molecule has 0 amide bonds. The number of rotatable bonds is 3. The van der Waals surface area contributed by atoms with Gasteiger partial charge in [0, 0.05) is 16.3 Å². The molecular weight excluding hydrogens is 625 g/mol. The Morgan fingerprint density at radius 3 is 1.51 bits per heavy atom. The van der Waals surface area contributed by atoms with E-state index < -0.39 is 0 Å². The minimum atomic E-state index is 0.702. The molecule has 0 bridgehead atoms. The van der Waals surface area contributed by atoms with E-state index in [9.17, 15) is 0 Å². The lowest BCUT2D eigenvalue weighted by Gasteiger charge is -2.23. The Balaban J connectivity index is 1.15. The second kappa shape index (κ2) is 10.8. The molecule has 11 rings (SSSR count). The summed E-state index contributed by atoms with van der Waals surface area (Å²) in [4.78, 5) is 0. The van der Waals surface area contributed by atoms with E-state index in [-0.39, 0.29) is 0 Å². The van der Waals surface area contributed by atoms with Gasteiger partial charge < -0.3 is 13.9 Å². The van der Waals surface area contributed by atoms with Gasteiger partial charge in [-0.05, 0) is 121 Å². The first-order valence-corrected chi connectivity index (χ1v) is 17.2. The Labute approximate surface area is 293 Å². The Morgan fingerprint density at radius 2 is 0.784 bits per heavy atom. The monoisotopic (exact) mass is 652 g/mol. The van der Waals surface area contributed by atoms with Gasteiger partial charge in [-0.25, -0.2) is 0 Å². The second-order valence-corrected chi connectivity index (χ2v) is 13.2. The molecule has 0 unspecified atom stereocenters. The number of hydrogen-bond donors (Lipinski definition) is 0. The molecule has 3 heteroatoms. The Kier molecular flexibility index (Phi) is 5.96. The summed E-state index contributed by atoms with van der Waals surface area (Å²) in [5.41, 5.74) is 8.27. The lowest BCUT2D eigenvalue weighted by Crippen LogP contribution is -2.00. The maximum Gasteiger partial charge on any atom is 0.177 e. The van der Waals surface area contributed by atoms with Gasteiger partial charge in [0.2, 0.25) is 0 Å². The van der Waals surface area contributed by atoms with Gasteiger partial charge in [0.05, 0.1) is 0 Å². The van der Waals surface area contributed by atoms with E-state index in [1.807, 2.05) is 48.5 Å². The summed E-state index contributed by atoms with van der Waals surface area (Å²) in [7, 11) is 0. The Bertz CT molecular complexity index is 3000. The van der Waals surface area contributed by atoms with Crippen molar-refractivity contribution in [2.45, 2.75) is 0 Å². The van der Waals surface area contributed by atoms with Crippen molar-refractivity contribution in [3.05, 3.63) is 170 Å². The fourth-order valence-electron chi connectivity index (χ4n) is 7.89. The quantitative estimate of drug-likeness (QED) is 0.178. The molecule has 0 radical (unpaired) electrons. The molecule has 1 aliphatic heterocycles. The Morgan fingerprint density at radius 1 is 0.275 bits per heavy atom. The first-order valence-electron chi connectivity index (χ1n) is 17.2. The van der Waals surface area contributed by atoms with Crippen LogP contribution in [0.1, 0.15) is 0 Å². The maximum absolute atomic E-state index is 6.56. The van der Waals surface area contributed by atoms with Crippen molar-refractivity contribution in [3.8, 4) is 56.4 Å². The average molecular weight is 653 g/mol. The van der Waals surface area contributed by atoms with E-state index in [1.165, 1.54) is 32.3 Å². The zero-order valence-corrected chi connectivity index (χ0v) is 27.4. The molecule has 2 heterocycles. The topological polar surface area (TPSA) is 31.6 Å². The molecule has 3 nitrogen and oxygen atoms in total. The zero-order valence-electron chi connectivity index (χ0n) is 27.4. The number of ether oxygens (including phenoxy) is 2. The molecule has 9 aromatic carbocycles. The van der Waals surface area contributed by atoms with Crippen molar-refractivity contribution < 1.29 is 13.9 Å². The van der Waals surface area contributed by atoms with Crippen molar-refractivity contribution in [2.75, 3.05) is 0 Å². The van der Waals surface area contributed by atoms with Crippen LogP contribution in [0.15, 0.2) is 174 Å². The predicted octanol–water partition coefficient (Wildman–Crippen LogP) is 13.9. The van der Waals surface area contributed by atoms with E-state index in [0.29, 0.717) is 23.0 Å². The van der Waals surface area contributed by atoms with Gasteiger partial charge in [0.25, 0.3) is 0 Å². The lowest BCUT2D eigenvalue weighted by molar-refractivity contribution is 0.361. The van der Waals surface area contributed by atoms with Crippen LogP contribution in [0.3, 0.4) is 0 Å². The van der Waals surface area contributed by atoms with Crippen LogP contribution < -0.4 is 9.47 Å². The van der Waals surface area contributed by atoms with Crippen LogP contribution in [-0.4, -0.2) is 0 Å². The summed E-state index contributed by atoms with van der Waals surface area (Å²) >= 11 is 0. The van der Waals surface area contributed by atoms with E-state index in [2.05, 4.69) is 121 Å². The fourth-order valence-corrected chi connectivity index (χ4v) is 7.89. The molecule has 0 saturated heterocycles. The maximum atomic E-state index is 6.56. The highest BCUT2D eigenvalue weighted by Gasteiger charge is 2.23. The molecule has 0 fully saturated rings. The average Bonchev–Trinajstić information content (AvgIpc) is 3.57. The molecule has 238 valence electrons. The molecule has 0 aliphatic carbocycles. The largest absolute Gasteiger partial charge is 0.456 e. The van der Waals surface area contributed by atoms with E-state index in [4.69, 9.17) is 13.9 Å². The van der Waals surface area contributed by atoms with E-state index in [0.717, 1.165) is 55.3 Å². The number of hydrogen-bond acceptors (Lipinski definition) is 3. The predicted molar refractivity (Wildman–Crippen MR) is 209 cm³/mol. The minimum Gasteiger partial charge on any atom is -0.456 e. The van der Waals surface area contributed by atoms with Gasteiger partial charge in [-0.2, -0.15) is 0 Å². The molecule has 0 N–H and O–H groups in total. The van der Waals surface area contributed by atoms with E-state index >= 15 is 0 Å². The molecule has 1 aliphatic rings. The van der Waals surface area contributed by atoms with Crippen LogP contribution in [0.2, 0.25) is 0 Å². The van der Waals surface area contributed by atoms with Crippen LogP contribution in [0.25, 0.3) is 87.6 Å². The van der Waals surface area contributed by atoms with Crippen LogP contribution in [0, 0.1) is 0 Å². The standard InChI is InChI=1S/C48H28O3/c1-2-12-37-35(10-1)36-11-3-4-13-38(36)41-27-29(20-22-39(37)41)31-24-32(30-21-23-44-42(28-30)40-14-5-6-16-43(40)49-44)26-33(25-31)34-15-9-19-47-48(34)51-46-18-8-7-17-45(46)50-47/h1-28H. The highest BCUT2D eigenvalue weighted by Crippen LogP contribution is 2.50. The first-order chi connectivity index (χ1) is 25.2. The normalized spacial score (nSPS) is 12.2. The third kappa shape index (κ3) is 4.38. The summed E-state index contributed by atoms with van der Waals surface area (Å²) in [5, 5.41) is 9.77. The summed E-state index contributed by atoms with van der Waals surface area (Å²) < 4.78 is 19.1. The molecule has 51 heavy (non-hydrogen) atoms. The van der Waals surface area contributed by atoms with Gasteiger partial charge in [-0.15, -0.1) is 0 Å². The van der Waals surface area contributed by atoms with Gasteiger partial charge >= 0.3 is 0 Å². The van der Waals surface area contributed by atoms with Crippen LogP contribution in [0.4, 0.5) is 0 Å². The van der Waals surface area contributed by atoms with Gasteiger partial charge in [-0.3, -0.25) is 0 Å². The van der Waals surface area contributed by atoms with Crippen LogP contribution >= 0.6 is 0 Å². The fraction of sp³-hybridized carbons (Fsp3) is 0. The smallest absolute Gasteiger partial charge is 0.177 e. The van der Waals surface area contributed by atoms with Crippen molar-refractivity contribution in [2.24, 2.45) is 0 Å². The van der Waals surface area contributed by atoms with Gasteiger partial charge in [-0.1, -0.05) is 109 Å². The number of fused-ring (bicyclic) bond motifs is 11. The number of benzene rings is 9. The first kappa shape index (κ1) is 28.0. The van der Waals surface area contributed by atoms with Crippen LogP contribution in [-0.2, 0) is 0 Å². The highest BCUT2D eigenvalue weighted by molar-refractivity contribution is 6.25. The van der Waals surface area contributed by atoms with Crippen molar-refractivity contribution in [3.63, 3.8) is 0 Å². The number of para-hydroxylation sites is 4. The molecule has 1 aromatic heterocycles. The van der Waals surface area contributed by atoms with Crippen LogP contribution in [0.5, 0.6) is 23.0 Å². The van der Waals surface area contributed by atoms with Crippen molar-refractivity contribution >= 4 is 54.3 Å². The second-order valence-electron chi connectivity index (χ2n) is 13.2. The third-order valence-electron chi connectivity index (χ3n) is 10.3. The van der Waals surface area contributed by atoms with Gasteiger partial charge in [0.1, 0.15) is 11.2 Å². The van der Waals surface area contributed by atoms with Gasteiger partial charge in [0.15, 0.2) is 23.0 Å². The lowest BCUT2D eigenvalue weighted by atomic mass is 9.89. The number of furan rings is 1. The molecular formula is C48H28O3.